The Labute approximate surface area is 95.2 Å². The van der Waals surface area contributed by atoms with Crippen LogP contribution in [-0.2, 0) is 7.05 Å². The lowest BCUT2D eigenvalue weighted by atomic mass is 10.3. The molecule has 0 saturated carbocycles. The average molecular weight is 236 g/mol. The minimum absolute atomic E-state index is 0.0736. The zero-order chi connectivity index (χ0) is 12.4. The van der Waals surface area contributed by atoms with Crippen molar-refractivity contribution in [2.45, 2.75) is 0 Å². The summed E-state index contributed by atoms with van der Waals surface area (Å²) >= 11 is 0. The van der Waals surface area contributed by atoms with Gasteiger partial charge in [-0.15, -0.1) is 5.10 Å². The lowest BCUT2D eigenvalue weighted by molar-refractivity contribution is -0.386. The molecule has 2 aromatic heterocycles. The Hall–Kier alpha value is -2.58. The number of methoxy groups -OCH3 is 1. The first-order chi connectivity index (χ1) is 8.13. The summed E-state index contributed by atoms with van der Waals surface area (Å²) in [5.74, 6) is 0.327. The number of hydrogen-bond donors (Lipinski definition) is 0. The van der Waals surface area contributed by atoms with Crippen LogP contribution in [-0.4, -0.2) is 37.2 Å². The van der Waals surface area contributed by atoms with Crippen molar-refractivity contribution in [2.24, 2.45) is 7.05 Å². The number of aryl methyl sites for hydroxylation is 1. The van der Waals surface area contributed by atoms with Gasteiger partial charge < -0.3 is 4.74 Å². The third-order valence-corrected chi connectivity index (χ3v) is 2.08. The molecule has 0 spiro atoms. The monoisotopic (exact) mass is 236 g/mol. The van der Waals surface area contributed by atoms with Gasteiger partial charge in [0.2, 0.25) is 5.82 Å². The van der Waals surface area contributed by atoms with Crippen LogP contribution in [0.15, 0.2) is 12.1 Å². The summed E-state index contributed by atoms with van der Waals surface area (Å²) in [5, 5.41) is 21.5. The van der Waals surface area contributed by atoms with Gasteiger partial charge in [0.1, 0.15) is 5.69 Å². The van der Waals surface area contributed by atoms with Gasteiger partial charge in [-0.2, -0.15) is 0 Å². The third kappa shape index (κ3) is 1.89. The van der Waals surface area contributed by atoms with Crippen molar-refractivity contribution in [1.29, 1.82) is 0 Å². The first-order valence-corrected chi connectivity index (χ1v) is 4.55. The Balaban J connectivity index is 2.52. The van der Waals surface area contributed by atoms with Gasteiger partial charge in [-0.1, -0.05) is 0 Å². The molecule has 2 aromatic rings. The number of aromatic nitrogens is 5. The SMILES string of the molecule is COc1nc(-c2nnnn2C)ccc1[N+](=O)[O-]. The first-order valence-electron chi connectivity index (χ1n) is 4.55. The highest BCUT2D eigenvalue weighted by atomic mass is 16.6. The lowest BCUT2D eigenvalue weighted by Crippen LogP contribution is -2.00. The standard InChI is InChI=1S/C8H8N6O3/c1-13-7(10-11-12-13)5-3-4-6(14(15)16)8(9-5)17-2/h3-4H,1-2H3. The zero-order valence-electron chi connectivity index (χ0n) is 9.06. The summed E-state index contributed by atoms with van der Waals surface area (Å²) in [6.45, 7) is 0. The summed E-state index contributed by atoms with van der Waals surface area (Å²) in [5.41, 5.74) is 0.200. The van der Waals surface area contributed by atoms with Crippen molar-refractivity contribution in [3.63, 3.8) is 0 Å². The van der Waals surface area contributed by atoms with Crippen molar-refractivity contribution in [3.8, 4) is 17.4 Å². The van der Waals surface area contributed by atoms with E-state index in [-0.39, 0.29) is 11.6 Å². The second-order valence-electron chi connectivity index (χ2n) is 3.11. The average Bonchev–Trinajstić information content (AvgIpc) is 2.74. The van der Waals surface area contributed by atoms with Crippen LogP contribution in [0.25, 0.3) is 11.5 Å². The summed E-state index contributed by atoms with van der Waals surface area (Å²) in [7, 11) is 2.96. The summed E-state index contributed by atoms with van der Waals surface area (Å²) < 4.78 is 6.26. The second-order valence-corrected chi connectivity index (χ2v) is 3.11. The Morgan fingerprint density at radius 2 is 2.24 bits per heavy atom. The molecule has 0 aliphatic carbocycles. The van der Waals surface area contributed by atoms with Gasteiger partial charge >= 0.3 is 5.69 Å². The fourth-order valence-corrected chi connectivity index (χ4v) is 1.29. The number of nitrogens with zero attached hydrogens (tertiary/aromatic N) is 6. The largest absolute Gasteiger partial charge is 0.476 e. The molecule has 0 atom stereocenters. The maximum Gasteiger partial charge on any atom is 0.330 e. The van der Waals surface area contributed by atoms with Crippen molar-refractivity contribution in [2.75, 3.05) is 7.11 Å². The van der Waals surface area contributed by atoms with Crippen LogP contribution in [0.3, 0.4) is 0 Å². The van der Waals surface area contributed by atoms with Gasteiger partial charge in [0.15, 0.2) is 0 Å². The predicted octanol–water partition coefficient (Wildman–Crippen LogP) is 0.189. The van der Waals surface area contributed by atoms with Crippen molar-refractivity contribution < 1.29 is 9.66 Å². The maximum atomic E-state index is 10.7. The van der Waals surface area contributed by atoms with Gasteiger partial charge in [0, 0.05) is 13.1 Å². The molecule has 0 radical (unpaired) electrons. The minimum Gasteiger partial charge on any atom is -0.476 e. The van der Waals surface area contributed by atoms with Crippen molar-refractivity contribution >= 4 is 5.69 Å². The van der Waals surface area contributed by atoms with E-state index in [0.29, 0.717) is 11.5 Å². The molecule has 2 heterocycles. The quantitative estimate of drug-likeness (QED) is 0.552. The summed E-state index contributed by atoms with van der Waals surface area (Å²) in [4.78, 5) is 14.1. The van der Waals surface area contributed by atoms with Gasteiger partial charge in [-0.3, -0.25) is 10.1 Å². The predicted molar refractivity (Wildman–Crippen MR) is 55.2 cm³/mol. The molecule has 0 aliphatic rings. The maximum absolute atomic E-state index is 10.7. The smallest absolute Gasteiger partial charge is 0.330 e. The highest BCUT2D eigenvalue weighted by Gasteiger charge is 2.18. The van der Waals surface area contributed by atoms with Crippen LogP contribution in [0.4, 0.5) is 5.69 Å². The van der Waals surface area contributed by atoms with Gasteiger partial charge in [0.05, 0.1) is 12.0 Å². The Morgan fingerprint density at radius 3 is 2.76 bits per heavy atom. The fraction of sp³-hybridized carbons (Fsp3) is 0.250. The molecule has 0 bridgehead atoms. The van der Waals surface area contributed by atoms with Crippen LogP contribution in [0.2, 0.25) is 0 Å². The molecule has 9 heteroatoms. The molecule has 0 fully saturated rings. The fourth-order valence-electron chi connectivity index (χ4n) is 1.29. The van der Waals surface area contributed by atoms with Gasteiger partial charge in [0.25, 0.3) is 5.88 Å². The third-order valence-electron chi connectivity index (χ3n) is 2.08. The van der Waals surface area contributed by atoms with Crippen LogP contribution in [0, 0.1) is 10.1 Å². The highest BCUT2D eigenvalue weighted by Crippen LogP contribution is 2.26. The van der Waals surface area contributed by atoms with E-state index in [4.69, 9.17) is 4.74 Å². The Bertz CT molecular complexity index is 566. The number of nitro groups is 1. The Morgan fingerprint density at radius 1 is 1.47 bits per heavy atom. The topological polar surface area (TPSA) is 109 Å². The molecule has 0 N–H and O–H groups in total. The van der Waals surface area contributed by atoms with E-state index in [1.807, 2.05) is 0 Å². The lowest BCUT2D eigenvalue weighted by Gasteiger charge is -2.02. The van der Waals surface area contributed by atoms with Crippen LogP contribution >= 0.6 is 0 Å². The molecule has 0 aromatic carbocycles. The van der Waals surface area contributed by atoms with E-state index in [9.17, 15) is 10.1 Å². The minimum atomic E-state index is -0.565. The Kier molecular flexibility index (Phi) is 2.65. The molecule has 0 amide bonds. The van der Waals surface area contributed by atoms with E-state index in [2.05, 4.69) is 20.5 Å². The molecule has 9 nitrogen and oxygen atoms in total. The molecular weight excluding hydrogens is 228 g/mol. The van der Waals surface area contributed by atoms with Crippen molar-refractivity contribution in [3.05, 3.63) is 22.2 Å². The van der Waals surface area contributed by atoms with Gasteiger partial charge in [-0.05, 0) is 16.5 Å². The van der Waals surface area contributed by atoms with E-state index >= 15 is 0 Å². The number of hydrogen-bond acceptors (Lipinski definition) is 7. The normalized spacial score (nSPS) is 10.2. The molecule has 88 valence electrons. The second kappa shape index (κ2) is 4.12. The molecular formula is C8H8N6O3. The van der Waals surface area contributed by atoms with Crippen LogP contribution < -0.4 is 4.74 Å². The molecule has 0 unspecified atom stereocenters. The molecule has 0 saturated heterocycles. The number of rotatable bonds is 3. The number of ether oxygens (including phenoxy) is 1. The highest BCUT2D eigenvalue weighted by molar-refractivity contribution is 5.54. The summed E-state index contributed by atoms with van der Waals surface area (Å²) in [6.07, 6.45) is 0. The number of tetrazole rings is 1. The van der Waals surface area contributed by atoms with Crippen molar-refractivity contribution in [1.82, 2.24) is 25.2 Å². The molecule has 17 heavy (non-hydrogen) atoms. The van der Waals surface area contributed by atoms with E-state index in [1.165, 1.54) is 23.9 Å². The van der Waals surface area contributed by atoms with E-state index in [1.54, 1.807) is 7.05 Å². The first kappa shape index (κ1) is 10.9. The van der Waals surface area contributed by atoms with E-state index in [0.717, 1.165) is 0 Å². The molecule has 0 aliphatic heterocycles. The van der Waals surface area contributed by atoms with Crippen LogP contribution in [0.1, 0.15) is 0 Å². The van der Waals surface area contributed by atoms with Crippen LogP contribution in [0.5, 0.6) is 5.88 Å². The number of pyridine rings is 1. The zero-order valence-corrected chi connectivity index (χ0v) is 9.06. The van der Waals surface area contributed by atoms with Gasteiger partial charge in [-0.25, -0.2) is 9.67 Å². The molecule has 2 rings (SSSR count). The van der Waals surface area contributed by atoms with E-state index < -0.39 is 4.92 Å². The summed E-state index contributed by atoms with van der Waals surface area (Å²) in [6, 6.07) is 2.77.